The van der Waals surface area contributed by atoms with Gasteiger partial charge in [0.05, 0.1) is 0 Å². The third-order valence-electron chi connectivity index (χ3n) is 8.18. The van der Waals surface area contributed by atoms with Gasteiger partial charge in [-0.2, -0.15) is 0 Å². The maximum absolute atomic E-state index is 13.5. The molecule has 0 amide bonds. The highest BCUT2D eigenvalue weighted by atomic mass is 127. The summed E-state index contributed by atoms with van der Waals surface area (Å²) in [4.78, 5) is 24.8. The molecule has 3 aliphatic rings. The Bertz CT molecular complexity index is 910. The summed E-state index contributed by atoms with van der Waals surface area (Å²) < 4.78 is 7.82. The summed E-state index contributed by atoms with van der Waals surface area (Å²) >= 11 is 3.70. The second kappa shape index (κ2) is 11.8. The number of alkyl halides is 1. The number of thioether (sulfide) groups is 1. The van der Waals surface area contributed by atoms with Gasteiger partial charge in [-0.05, 0) is 65.1 Å². The lowest BCUT2D eigenvalue weighted by Crippen LogP contribution is -2.42. The van der Waals surface area contributed by atoms with Crippen molar-refractivity contribution < 1.29 is 14.3 Å². The molecular weight excluding hydrogens is 555 g/mol. The second-order valence-electron chi connectivity index (χ2n) is 10.4. The van der Waals surface area contributed by atoms with E-state index in [1.54, 1.807) is 6.92 Å². The van der Waals surface area contributed by atoms with E-state index in [9.17, 15) is 9.59 Å². The van der Waals surface area contributed by atoms with Crippen LogP contribution in [0.5, 0.6) is 5.75 Å². The molecule has 0 unspecified atom stereocenters. The van der Waals surface area contributed by atoms with E-state index in [2.05, 4.69) is 60.4 Å². The molecule has 0 aliphatic heterocycles. The lowest BCUT2D eigenvalue weighted by Gasteiger charge is -2.38. The Labute approximate surface area is 222 Å². The summed E-state index contributed by atoms with van der Waals surface area (Å²) in [6, 6.07) is 8.21. The summed E-state index contributed by atoms with van der Waals surface area (Å²) in [5.41, 5.74) is 1.13. The van der Waals surface area contributed by atoms with Crippen molar-refractivity contribution in [3.8, 4) is 5.75 Å². The SMILES string of the molecule is C=C[C@H]1C=C[C@H]2[C@@H]3C[C@H](C)CC[C@H]3[C@H](Oc3ccc(CSC(C)=O)cc3)[C@@H]2[C@H]1C(=O)CCCI. The van der Waals surface area contributed by atoms with E-state index in [0.717, 1.165) is 28.1 Å². The van der Waals surface area contributed by atoms with Crippen molar-refractivity contribution in [2.45, 2.75) is 57.8 Å². The van der Waals surface area contributed by atoms with Crippen molar-refractivity contribution in [3.63, 3.8) is 0 Å². The smallest absolute Gasteiger partial charge is 0.186 e. The Kier molecular flexibility index (Phi) is 9.00. The van der Waals surface area contributed by atoms with Gasteiger partial charge in [-0.15, -0.1) is 6.58 Å². The molecule has 0 aromatic heterocycles. The number of allylic oxidation sites excluding steroid dienone is 3. The van der Waals surface area contributed by atoms with Crippen LogP contribution in [0.4, 0.5) is 0 Å². The van der Waals surface area contributed by atoms with Crippen LogP contribution in [-0.2, 0) is 15.3 Å². The predicted molar refractivity (Wildman–Crippen MR) is 149 cm³/mol. The Morgan fingerprint density at radius 1 is 1.18 bits per heavy atom. The second-order valence-corrected chi connectivity index (χ2v) is 12.6. The molecule has 0 heterocycles. The van der Waals surface area contributed by atoms with Crippen LogP contribution in [0.1, 0.15) is 51.5 Å². The Morgan fingerprint density at radius 3 is 2.62 bits per heavy atom. The molecule has 0 N–H and O–H groups in total. The van der Waals surface area contributed by atoms with Gasteiger partial charge in [-0.3, -0.25) is 9.59 Å². The highest BCUT2D eigenvalue weighted by Crippen LogP contribution is 2.57. The maximum Gasteiger partial charge on any atom is 0.186 e. The van der Waals surface area contributed by atoms with E-state index in [1.807, 2.05) is 18.2 Å². The maximum atomic E-state index is 13.5. The molecule has 34 heavy (non-hydrogen) atoms. The van der Waals surface area contributed by atoms with Crippen molar-refractivity contribution in [2.75, 3.05) is 4.43 Å². The summed E-state index contributed by atoms with van der Waals surface area (Å²) in [6.45, 7) is 8.07. The molecule has 3 nitrogen and oxygen atoms in total. The predicted octanol–water partition coefficient (Wildman–Crippen LogP) is 7.28. The normalized spacial score (nSPS) is 34.2. The zero-order chi connectivity index (χ0) is 24.2. The molecule has 3 aliphatic carbocycles. The Morgan fingerprint density at radius 2 is 1.94 bits per heavy atom. The first kappa shape index (κ1) is 26.0. The average Bonchev–Trinajstić information content (AvgIpc) is 3.13. The minimum absolute atomic E-state index is 0.0346. The van der Waals surface area contributed by atoms with E-state index in [0.29, 0.717) is 35.7 Å². The molecule has 0 spiro atoms. The molecule has 2 fully saturated rings. The van der Waals surface area contributed by atoms with E-state index in [-0.39, 0.29) is 29.0 Å². The number of hydrogen-bond donors (Lipinski definition) is 0. The average molecular weight is 593 g/mol. The van der Waals surface area contributed by atoms with E-state index in [1.165, 1.54) is 31.0 Å². The van der Waals surface area contributed by atoms with Crippen molar-refractivity contribution in [1.82, 2.24) is 0 Å². The standard InChI is InChI=1S/C29H37IO3S/c1-4-21-10-14-23-25-16-18(2)7-13-24(25)29(28(23)27(21)26(32)6-5-15-30)33-22-11-8-20(9-12-22)17-34-19(3)31/h4,8-12,14,18,21,23-25,27-29H,1,5-7,13,15-17H2,2-3H3/t18-,21+,23+,24-,25+,27-,28+,29+/m1/s1. The number of ketones is 1. The first-order valence-electron chi connectivity index (χ1n) is 12.7. The zero-order valence-electron chi connectivity index (χ0n) is 20.3. The van der Waals surface area contributed by atoms with Gasteiger partial charge in [0.1, 0.15) is 17.6 Å². The summed E-state index contributed by atoms with van der Waals surface area (Å²) in [5, 5.41) is 0.135. The van der Waals surface area contributed by atoms with Crippen LogP contribution in [0.3, 0.4) is 0 Å². The largest absolute Gasteiger partial charge is 0.490 e. The molecule has 0 saturated heterocycles. The van der Waals surface area contributed by atoms with Crippen molar-refractivity contribution in [3.05, 3.63) is 54.6 Å². The number of fused-ring (bicyclic) bond motifs is 3. The van der Waals surface area contributed by atoms with E-state index < -0.39 is 0 Å². The fourth-order valence-corrected chi connectivity index (χ4v) is 7.61. The lowest BCUT2D eigenvalue weighted by molar-refractivity contribution is -0.127. The molecule has 1 aromatic rings. The lowest BCUT2D eigenvalue weighted by atomic mass is 9.66. The number of carbonyl (C=O) groups is 2. The molecule has 5 heteroatoms. The van der Waals surface area contributed by atoms with Gasteiger partial charge >= 0.3 is 0 Å². The zero-order valence-corrected chi connectivity index (χ0v) is 23.3. The van der Waals surface area contributed by atoms with Crippen molar-refractivity contribution in [1.29, 1.82) is 0 Å². The van der Waals surface area contributed by atoms with Crippen LogP contribution in [-0.4, -0.2) is 21.4 Å². The van der Waals surface area contributed by atoms with Crippen LogP contribution >= 0.6 is 34.4 Å². The van der Waals surface area contributed by atoms with Crippen LogP contribution in [0.25, 0.3) is 0 Å². The van der Waals surface area contributed by atoms with Gasteiger partial charge in [-0.1, -0.05) is 78.1 Å². The topological polar surface area (TPSA) is 43.4 Å². The number of halogens is 1. The van der Waals surface area contributed by atoms with Crippen LogP contribution in [0.2, 0.25) is 0 Å². The highest BCUT2D eigenvalue weighted by Gasteiger charge is 2.57. The molecule has 4 rings (SSSR count). The first-order chi connectivity index (χ1) is 16.4. The van der Waals surface area contributed by atoms with E-state index in [4.69, 9.17) is 4.74 Å². The van der Waals surface area contributed by atoms with Gasteiger partial charge in [0.25, 0.3) is 0 Å². The van der Waals surface area contributed by atoms with Crippen LogP contribution in [0, 0.1) is 41.4 Å². The number of benzene rings is 1. The number of hydrogen-bond acceptors (Lipinski definition) is 4. The Hall–Kier alpha value is -1.08. The quantitative estimate of drug-likeness (QED) is 0.172. The van der Waals surface area contributed by atoms with E-state index >= 15 is 0 Å². The third-order valence-corrected chi connectivity index (χ3v) is 9.83. The fourth-order valence-electron chi connectivity index (χ4n) is 6.67. The highest BCUT2D eigenvalue weighted by molar-refractivity contribution is 14.1. The fraction of sp³-hybridized carbons (Fsp3) is 0.586. The summed E-state index contributed by atoms with van der Waals surface area (Å²) in [6.07, 6.45) is 11.9. The van der Waals surface area contributed by atoms with Crippen LogP contribution < -0.4 is 4.74 Å². The number of carbonyl (C=O) groups excluding carboxylic acids is 2. The minimum Gasteiger partial charge on any atom is -0.490 e. The van der Waals surface area contributed by atoms with Crippen molar-refractivity contribution in [2.24, 2.45) is 41.4 Å². The van der Waals surface area contributed by atoms with Gasteiger partial charge in [0.15, 0.2) is 5.12 Å². The molecule has 1 aromatic carbocycles. The molecule has 2 saturated carbocycles. The van der Waals surface area contributed by atoms with Gasteiger partial charge in [0.2, 0.25) is 0 Å². The first-order valence-corrected chi connectivity index (χ1v) is 15.2. The number of ether oxygens (including phenoxy) is 1. The number of rotatable bonds is 9. The molecular formula is C29H37IO3S. The van der Waals surface area contributed by atoms with Crippen molar-refractivity contribution >= 4 is 45.3 Å². The molecule has 184 valence electrons. The Balaban J connectivity index is 1.62. The summed E-state index contributed by atoms with van der Waals surface area (Å²) in [7, 11) is 0. The third kappa shape index (κ3) is 5.66. The number of Topliss-reactive ketones (excluding diaryl/α,β-unsaturated/α-hetero) is 1. The van der Waals surface area contributed by atoms with Crippen LogP contribution in [0.15, 0.2) is 49.1 Å². The summed E-state index contributed by atoms with van der Waals surface area (Å²) in [5.74, 6) is 4.45. The van der Waals surface area contributed by atoms with Gasteiger partial charge in [0, 0.05) is 36.9 Å². The minimum atomic E-state index is -0.0346. The van der Waals surface area contributed by atoms with Gasteiger partial charge < -0.3 is 4.74 Å². The molecule has 0 radical (unpaired) electrons. The molecule has 8 atom stereocenters. The monoisotopic (exact) mass is 592 g/mol. The molecule has 0 bridgehead atoms. The van der Waals surface area contributed by atoms with Gasteiger partial charge in [-0.25, -0.2) is 0 Å².